The number of carbonyl (C=O) groups is 2. The highest BCUT2D eigenvalue weighted by atomic mass is 16.6. The Morgan fingerprint density at radius 3 is 2.05 bits per heavy atom. The van der Waals surface area contributed by atoms with Crippen LogP contribution in [0, 0.1) is 0 Å². The Morgan fingerprint density at radius 1 is 1.10 bits per heavy atom. The van der Waals surface area contributed by atoms with Crippen molar-refractivity contribution in [2.45, 2.75) is 32.0 Å². The lowest BCUT2D eigenvalue weighted by molar-refractivity contribution is -0.285. The minimum Gasteiger partial charge on any atom is -0.355 e. The molecule has 0 bridgehead atoms. The molecule has 0 aliphatic carbocycles. The van der Waals surface area contributed by atoms with E-state index in [-0.39, 0.29) is 25.0 Å². The Balaban J connectivity index is 1.88. The predicted molar refractivity (Wildman–Crippen MR) is 72.8 cm³/mol. The summed E-state index contributed by atoms with van der Waals surface area (Å²) >= 11 is 0. The molecule has 0 aromatic heterocycles. The van der Waals surface area contributed by atoms with Crippen LogP contribution in [0.15, 0.2) is 24.3 Å². The first-order chi connectivity index (χ1) is 9.76. The number of fused-ring (bicyclic) bond motifs is 1. The van der Waals surface area contributed by atoms with Crippen LogP contribution in [-0.4, -0.2) is 46.2 Å². The molecule has 2 aliphatic rings. The zero-order valence-corrected chi connectivity index (χ0v) is 12.3. The molecular formula is C15H17N2O4. The monoisotopic (exact) mass is 289 g/mol. The van der Waals surface area contributed by atoms with Crippen LogP contribution in [0.2, 0.25) is 0 Å². The van der Waals surface area contributed by atoms with Gasteiger partial charge in [-0.05, 0) is 32.9 Å². The van der Waals surface area contributed by atoms with Crippen molar-refractivity contribution in [1.82, 2.24) is 9.96 Å². The van der Waals surface area contributed by atoms with E-state index in [1.807, 2.05) is 0 Å². The van der Waals surface area contributed by atoms with E-state index in [1.54, 1.807) is 45.0 Å². The highest BCUT2D eigenvalue weighted by Crippen LogP contribution is 2.35. The van der Waals surface area contributed by atoms with Gasteiger partial charge >= 0.3 is 0 Å². The van der Waals surface area contributed by atoms with E-state index in [4.69, 9.17) is 4.74 Å². The van der Waals surface area contributed by atoms with Crippen LogP contribution in [0.1, 0.15) is 41.5 Å². The summed E-state index contributed by atoms with van der Waals surface area (Å²) in [6.45, 7) is 5.34. The third-order valence-corrected chi connectivity index (χ3v) is 4.05. The Hall–Kier alpha value is -1.76. The Labute approximate surface area is 122 Å². The smallest absolute Gasteiger partial charge is 0.261 e. The average molecular weight is 289 g/mol. The molecule has 1 atom stereocenters. The van der Waals surface area contributed by atoms with Gasteiger partial charge in [-0.25, -0.2) is 0 Å². The molecule has 2 amide bonds. The molecule has 111 valence electrons. The van der Waals surface area contributed by atoms with Crippen molar-refractivity contribution in [2.75, 3.05) is 13.2 Å². The van der Waals surface area contributed by atoms with Crippen LogP contribution in [0.4, 0.5) is 0 Å². The molecular weight excluding hydrogens is 272 g/mol. The van der Waals surface area contributed by atoms with E-state index in [2.05, 4.69) is 0 Å². The van der Waals surface area contributed by atoms with Gasteiger partial charge in [0.05, 0.1) is 29.8 Å². The molecule has 1 radical (unpaired) electrons. The fourth-order valence-corrected chi connectivity index (χ4v) is 2.88. The highest BCUT2D eigenvalue weighted by molar-refractivity contribution is 6.21. The molecule has 0 saturated carbocycles. The van der Waals surface area contributed by atoms with Crippen molar-refractivity contribution in [3.8, 4) is 0 Å². The van der Waals surface area contributed by atoms with Gasteiger partial charge in [0.15, 0.2) is 5.72 Å². The zero-order valence-electron chi connectivity index (χ0n) is 12.3. The van der Waals surface area contributed by atoms with Crippen LogP contribution >= 0.6 is 0 Å². The third kappa shape index (κ3) is 1.98. The van der Waals surface area contributed by atoms with Gasteiger partial charge in [-0.3, -0.25) is 14.5 Å². The van der Waals surface area contributed by atoms with E-state index in [9.17, 15) is 14.8 Å². The van der Waals surface area contributed by atoms with E-state index >= 15 is 0 Å². The highest BCUT2D eigenvalue weighted by Gasteiger charge is 2.53. The lowest BCUT2D eigenvalue weighted by atomic mass is 10.1. The molecule has 1 aromatic rings. The normalized spacial score (nSPS) is 28.3. The predicted octanol–water partition coefficient (Wildman–Crippen LogP) is 1.46. The molecule has 1 aromatic carbocycles. The summed E-state index contributed by atoms with van der Waals surface area (Å²) in [5, 5.41) is 13.2. The molecule has 1 unspecified atom stereocenters. The van der Waals surface area contributed by atoms with Gasteiger partial charge in [-0.2, -0.15) is 0 Å². The number of nitrogens with zero attached hydrogens (tertiary/aromatic N) is 2. The quantitative estimate of drug-likeness (QED) is 0.773. The van der Waals surface area contributed by atoms with E-state index in [0.717, 1.165) is 9.96 Å². The lowest BCUT2D eigenvalue weighted by Crippen LogP contribution is -2.54. The topological polar surface area (TPSA) is 69.8 Å². The maximum absolute atomic E-state index is 12.4. The number of carbonyl (C=O) groups excluding carboxylic acids is 2. The summed E-state index contributed by atoms with van der Waals surface area (Å²) < 4.78 is 5.59. The second-order valence-corrected chi connectivity index (χ2v) is 6.31. The van der Waals surface area contributed by atoms with Crippen molar-refractivity contribution >= 4 is 11.8 Å². The number of hydroxylamine groups is 2. The first-order valence-electron chi connectivity index (χ1n) is 6.83. The molecule has 1 fully saturated rings. The summed E-state index contributed by atoms with van der Waals surface area (Å²) in [5.74, 6) is -0.753. The maximum atomic E-state index is 12.4. The largest absolute Gasteiger partial charge is 0.355 e. The molecule has 2 aliphatic heterocycles. The number of hydrogen-bond acceptors (Lipinski definition) is 4. The molecule has 6 nitrogen and oxygen atoms in total. The van der Waals surface area contributed by atoms with Crippen molar-refractivity contribution in [1.29, 1.82) is 0 Å². The van der Waals surface area contributed by atoms with Crippen molar-refractivity contribution in [2.24, 2.45) is 0 Å². The van der Waals surface area contributed by atoms with Gasteiger partial charge in [-0.1, -0.05) is 12.1 Å². The summed E-state index contributed by atoms with van der Waals surface area (Å²) in [6, 6.07) is 6.66. The SMILES string of the molecule is CC1(C)COC(C)(CN2C(=O)c3ccccc3C2=O)N1[O]. The summed E-state index contributed by atoms with van der Waals surface area (Å²) in [4.78, 5) is 25.8. The summed E-state index contributed by atoms with van der Waals surface area (Å²) in [5.41, 5.74) is -1.13. The standard InChI is InChI=1S/C15H17N2O4/c1-14(2)9-21-15(3,17(14)20)8-16-12(18)10-6-4-5-7-11(10)13(16)19/h4-7H,8-9H2,1-3H3. The Kier molecular flexibility index (Phi) is 2.95. The van der Waals surface area contributed by atoms with Gasteiger partial charge < -0.3 is 4.74 Å². The van der Waals surface area contributed by atoms with E-state index in [0.29, 0.717) is 11.1 Å². The number of benzene rings is 1. The molecule has 2 heterocycles. The van der Waals surface area contributed by atoms with Crippen molar-refractivity contribution < 1.29 is 19.5 Å². The minimum absolute atomic E-state index is 0.0771. The molecule has 6 heteroatoms. The van der Waals surface area contributed by atoms with Crippen LogP contribution in [0.25, 0.3) is 0 Å². The zero-order chi connectivity index (χ0) is 15.4. The van der Waals surface area contributed by atoms with Gasteiger partial charge in [0.1, 0.15) is 0 Å². The van der Waals surface area contributed by atoms with Crippen LogP contribution < -0.4 is 0 Å². The first-order valence-corrected chi connectivity index (χ1v) is 6.83. The van der Waals surface area contributed by atoms with Crippen LogP contribution in [0.3, 0.4) is 0 Å². The number of ether oxygens (including phenoxy) is 1. The average Bonchev–Trinajstić information content (AvgIpc) is 2.81. The fourth-order valence-electron chi connectivity index (χ4n) is 2.88. The van der Waals surface area contributed by atoms with E-state index < -0.39 is 11.3 Å². The second kappa shape index (κ2) is 4.37. The Morgan fingerprint density at radius 2 is 1.62 bits per heavy atom. The first kappa shape index (κ1) is 14.2. The second-order valence-electron chi connectivity index (χ2n) is 6.31. The van der Waals surface area contributed by atoms with Crippen LogP contribution in [-0.2, 0) is 9.94 Å². The number of amides is 2. The van der Waals surface area contributed by atoms with Crippen molar-refractivity contribution in [3.63, 3.8) is 0 Å². The van der Waals surface area contributed by atoms with Crippen LogP contribution in [0.5, 0.6) is 0 Å². The van der Waals surface area contributed by atoms with Gasteiger partial charge in [0.25, 0.3) is 11.8 Å². The fraction of sp³-hybridized carbons (Fsp3) is 0.467. The maximum Gasteiger partial charge on any atom is 0.261 e. The lowest BCUT2D eigenvalue weighted by Gasteiger charge is -2.34. The molecule has 1 saturated heterocycles. The number of rotatable bonds is 2. The third-order valence-electron chi connectivity index (χ3n) is 4.05. The van der Waals surface area contributed by atoms with E-state index in [1.165, 1.54) is 0 Å². The van der Waals surface area contributed by atoms with Gasteiger partial charge in [-0.15, -0.1) is 10.3 Å². The number of imide groups is 1. The summed E-state index contributed by atoms with van der Waals surface area (Å²) in [6.07, 6.45) is 0. The van der Waals surface area contributed by atoms with Gasteiger partial charge in [0.2, 0.25) is 0 Å². The van der Waals surface area contributed by atoms with Crippen molar-refractivity contribution in [3.05, 3.63) is 35.4 Å². The molecule has 21 heavy (non-hydrogen) atoms. The molecule has 0 N–H and O–H groups in total. The summed E-state index contributed by atoms with van der Waals surface area (Å²) in [7, 11) is 0. The Bertz CT molecular complexity index is 593. The van der Waals surface area contributed by atoms with Gasteiger partial charge in [0, 0.05) is 0 Å². The molecule has 3 rings (SSSR count). The number of hydrogen-bond donors (Lipinski definition) is 0. The molecule has 0 spiro atoms. The minimum atomic E-state index is -1.21.